The number of ether oxygens (including phenoxy) is 2. The molecule has 156 valence electrons. The fourth-order valence-electron chi connectivity index (χ4n) is 2.96. The number of amides is 2. The van der Waals surface area contributed by atoms with Crippen molar-refractivity contribution in [2.75, 3.05) is 19.0 Å². The quantitative estimate of drug-likeness (QED) is 0.597. The van der Waals surface area contributed by atoms with Gasteiger partial charge in [0, 0.05) is 29.4 Å². The van der Waals surface area contributed by atoms with Gasteiger partial charge in [0.05, 0.1) is 12.3 Å². The summed E-state index contributed by atoms with van der Waals surface area (Å²) in [4.78, 5) is 32.2. The monoisotopic (exact) mass is 426 g/mol. The minimum absolute atomic E-state index is 0.111. The lowest BCUT2D eigenvalue weighted by atomic mass is 10.0. The molecule has 3 aromatic rings. The van der Waals surface area contributed by atoms with E-state index in [0.717, 1.165) is 33.8 Å². The third kappa shape index (κ3) is 5.40. The Bertz CT molecular complexity index is 1050. The summed E-state index contributed by atoms with van der Waals surface area (Å²) < 4.78 is 9.67. The highest BCUT2D eigenvalue weighted by Gasteiger charge is 2.23. The number of carbonyl (C=O) groups excluding carboxylic acids is 2. The van der Waals surface area contributed by atoms with Crippen molar-refractivity contribution in [2.45, 2.75) is 20.0 Å². The van der Waals surface area contributed by atoms with Crippen molar-refractivity contribution < 1.29 is 19.1 Å². The SMILES string of the molecule is COCC(OC(N)=O)C(=O)Nc1nc(-c2cccc(-c3cc(C)nc(C)c3)c2)cs1. The van der Waals surface area contributed by atoms with Gasteiger partial charge in [-0.05, 0) is 43.2 Å². The van der Waals surface area contributed by atoms with Gasteiger partial charge < -0.3 is 15.2 Å². The molecule has 1 atom stereocenters. The van der Waals surface area contributed by atoms with Gasteiger partial charge in [-0.2, -0.15) is 0 Å². The van der Waals surface area contributed by atoms with Gasteiger partial charge in [-0.15, -0.1) is 11.3 Å². The first-order valence-corrected chi connectivity index (χ1v) is 10.0. The van der Waals surface area contributed by atoms with Crippen molar-refractivity contribution in [3.63, 3.8) is 0 Å². The predicted octanol–water partition coefficient (Wildman–Crippen LogP) is 3.54. The van der Waals surface area contributed by atoms with E-state index in [1.165, 1.54) is 18.4 Å². The first-order valence-electron chi connectivity index (χ1n) is 9.13. The summed E-state index contributed by atoms with van der Waals surface area (Å²) in [6.07, 6.45) is -2.20. The molecule has 3 N–H and O–H groups in total. The van der Waals surface area contributed by atoms with E-state index < -0.39 is 18.1 Å². The first kappa shape index (κ1) is 21.4. The van der Waals surface area contributed by atoms with Crippen LogP contribution in [-0.2, 0) is 14.3 Å². The average Bonchev–Trinajstić information content (AvgIpc) is 3.15. The fourth-order valence-corrected chi connectivity index (χ4v) is 3.69. The second kappa shape index (κ2) is 9.47. The van der Waals surface area contributed by atoms with Gasteiger partial charge >= 0.3 is 6.09 Å². The molecule has 0 aliphatic rings. The molecule has 30 heavy (non-hydrogen) atoms. The lowest BCUT2D eigenvalue weighted by Gasteiger charge is -2.14. The molecule has 0 radical (unpaired) electrons. The van der Waals surface area contributed by atoms with Gasteiger partial charge in [0.1, 0.15) is 0 Å². The molecule has 0 saturated carbocycles. The van der Waals surface area contributed by atoms with Gasteiger partial charge in [0.2, 0.25) is 6.10 Å². The highest BCUT2D eigenvalue weighted by atomic mass is 32.1. The lowest BCUT2D eigenvalue weighted by Crippen LogP contribution is -2.37. The topological polar surface area (TPSA) is 116 Å². The van der Waals surface area contributed by atoms with Crippen molar-refractivity contribution >= 4 is 28.5 Å². The van der Waals surface area contributed by atoms with Crippen LogP contribution < -0.4 is 11.1 Å². The second-order valence-electron chi connectivity index (χ2n) is 6.63. The molecular formula is C21H22N4O4S. The largest absolute Gasteiger partial charge is 0.434 e. The van der Waals surface area contributed by atoms with E-state index in [4.69, 9.17) is 15.2 Å². The second-order valence-corrected chi connectivity index (χ2v) is 7.49. The Morgan fingerprint density at radius 3 is 2.47 bits per heavy atom. The van der Waals surface area contributed by atoms with Crippen LogP contribution in [0, 0.1) is 13.8 Å². The van der Waals surface area contributed by atoms with Gasteiger partial charge in [-0.25, -0.2) is 9.78 Å². The molecule has 8 nitrogen and oxygen atoms in total. The number of aryl methyl sites for hydroxylation is 2. The maximum atomic E-state index is 12.3. The van der Waals surface area contributed by atoms with E-state index in [-0.39, 0.29) is 6.61 Å². The van der Waals surface area contributed by atoms with Gasteiger partial charge in [-0.3, -0.25) is 15.1 Å². The van der Waals surface area contributed by atoms with Crippen LogP contribution in [0.4, 0.5) is 9.93 Å². The summed E-state index contributed by atoms with van der Waals surface area (Å²) in [5.74, 6) is -0.562. The summed E-state index contributed by atoms with van der Waals surface area (Å²) in [5, 5.41) is 4.86. The number of primary amides is 1. The molecule has 1 aromatic carbocycles. The van der Waals surface area contributed by atoms with Crippen LogP contribution in [0.5, 0.6) is 0 Å². The summed E-state index contributed by atoms with van der Waals surface area (Å²) in [6.45, 7) is 3.82. The molecule has 0 aliphatic carbocycles. The van der Waals surface area contributed by atoms with E-state index in [1.54, 1.807) is 0 Å². The zero-order valence-corrected chi connectivity index (χ0v) is 17.7. The Balaban J connectivity index is 1.79. The van der Waals surface area contributed by atoms with E-state index in [2.05, 4.69) is 15.3 Å². The van der Waals surface area contributed by atoms with Gasteiger partial charge in [0.15, 0.2) is 5.13 Å². The molecule has 9 heteroatoms. The first-order chi connectivity index (χ1) is 14.4. The number of carbonyl (C=O) groups is 2. The molecule has 0 bridgehead atoms. The zero-order chi connectivity index (χ0) is 21.7. The number of methoxy groups -OCH3 is 1. The van der Waals surface area contributed by atoms with Crippen molar-refractivity contribution in [3.8, 4) is 22.4 Å². The van der Waals surface area contributed by atoms with Crippen LogP contribution >= 0.6 is 11.3 Å². The number of aromatic nitrogens is 2. The third-order valence-electron chi connectivity index (χ3n) is 4.18. The van der Waals surface area contributed by atoms with Crippen LogP contribution in [0.15, 0.2) is 41.8 Å². The van der Waals surface area contributed by atoms with Gasteiger partial charge in [0.25, 0.3) is 5.91 Å². The van der Waals surface area contributed by atoms with Crippen molar-refractivity contribution in [1.29, 1.82) is 0 Å². The predicted molar refractivity (Wildman–Crippen MR) is 115 cm³/mol. The fraction of sp³-hybridized carbons (Fsp3) is 0.238. The Labute approximate surface area is 178 Å². The van der Waals surface area contributed by atoms with Crippen molar-refractivity contribution in [3.05, 3.63) is 53.2 Å². The highest BCUT2D eigenvalue weighted by Crippen LogP contribution is 2.29. The van der Waals surface area contributed by atoms with Crippen LogP contribution in [0.2, 0.25) is 0 Å². The number of benzene rings is 1. The van der Waals surface area contributed by atoms with E-state index >= 15 is 0 Å². The molecule has 3 rings (SSSR count). The maximum absolute atomic E-state index is 12.3. The van der Waals surface area contributed by atoms with Crippen molar-refractivity contribution in [1.82, 2.24) is 9.97 Å². The van der Waals surface area contributed by atoms with Crippen LogP contribution in [0.1, 0.15) is 11.4 Å². The highest BCUT2D eigenvalue weighted by molar-refractivity contribution is 7.14. The molecule has 2 heterocycles. The summed E-state index contributed by atoms with van der Waals surface area (Å²) in [5.41, 5.74) is 10.7. The summed E-state index contributed by atoms with van der Waals surface area (Å²) in [7, 11) is 1.39. The van der Waals surface area contributed by atoms with E-state index in [9.17, 15) is 9.59 Å². The molecule has 0 spiro atoms. The smallest absolute Gasteiger partial charge is 0.405 e. The number of nitrogens with zero attached hydrogens (tertiary/aromatic N) is 2. The average molecular weight is 426 g/mol. The number of thiazole rings is 1. The number of anilines is 1. The molecular weight excluding hydrogens is 404 g/mol. The Kier molecular flexibility index (Phi) is 6.76. The number of nitrogens with one attached hydrogen (secondary N) is 1. The van der Waals surface area contributed by atoms with Crippen LogP contribution in [-0.4, -0.2) is 41.8 Å². The maximum Gasteiger partial charge on any atom is 0.405 e. The van der Waals surface area contributed by atoms with E-state index in [1.807, 2.05) is 55.6 Å². The Morgan fingerprint density at radius 1 is 1.10 bits per heavy atom. The molecule has 2 amide bonds. The summed E-state index contributed by atoms with van der Waals surface area (Å²) >= 11 is 1.27. The number of nitrogens with two attached hydrogens (primary N) is 1. The van der Waals surface area contributed by atoms with Crippen LogP contribution in [0.3, 0.4) is 0 Å². The Morgan fingerprint density at radius 2 is 1.80 bits per heavy atom. The summed E-state index contributed by atoms with van der Waals surface area (Å²) in [6, 6.07) is 12.1. The molecule has 0 fully saturated rings. The van der Waals surface area contributed by atoms with Gasteiger partial charge in [-0.1, -0.05) is 18.2 Å². The zero-order valence-electron chi connectivity index (χ0n) is 16.8. The van der Waals surface area contributed by atoms with E-state index in [0.29, 0.717) is 5.13 Å². The minimum atomic E-state index is -1.15. The Hall–Kier alpha value is -3.30. The van der Waals surface area contributed by atoms with Crippen molar-refractivity contribution in [2.24, 2.45) is 5.73 Å². The lowest BCUT2D eigenvalue weighted by molar-refractivity contribution is -0.126. The molecule has 1 unspecified atom stereocenters. The number of hydrogen-bond acceptors (Lipinski definition) is 7. The number of rotatable bonds is 7. The van der Waals surface area contributed by atoms with Crippen LogP contribution in [0.25, 0.3) is 22.4 Å². The number of pyridine rings is 1. The minimum Gasteiger partial charge on any atom is -0.434 e. The standard InChI is InChI=1S/C21H22N4O4S/c1-12-7-16(8-13(2)23-12)14-5-4-6-15(9-14)17-11-30-21(24-17)25-19(26)18(10-28-3)29-20(22)27/h4-9,11,18H,10H2,1-3H3,(H2,22,27)(H,24,25,26). The molecule has 2 aromatic heterocycles. The normalized spacial score (nSPS) is 11.7. The molecule has 0 aliphatic heterocycles. The third-order valence-corrected chi connectivity index (χ3v) is 4.93. The number of hydrogen-bond donors (Lipinski definition) is 2. The molecule has 0 saturated heterocycles.